The number of aryl methyl sites for hydroxylation is 3. The van der Waals surface area contributed by atoms with E-state index >= 15 is 0 Å². The van der Waals surface area contributed by atoms with Crippen LogP contribution < -0.4 is 0 Å². The number of fused-ring (bicyclic) bond motifs is 1. The molecule has 0 bridgehead atoms. The Bertz CT molecular complexity index is 1070. The van der Waals surface area contributed by atoms with Crippen LogP contribution in [0.1, 0.15) is 43.0 Å². The highest BCUT2D eigenvalue weighted by molar-refractivity contribution is 7.80. The Morgan fingerprint density at radius 3 is 2.72 bits per heavy atom. The van der Waals surface area contributed by atoms with Gasteiger partial charge in [0, 0.05) is 25.7 Å². The molecular formula is C24H30N4O3S. The molecule has 32 heavy (non-hydrogen) atoms. The monoisotopic (exact) mass is 454 g/mol. The van der Waals surface area contributed by atoms with Crippen molar-refractivity contribution in [2.45, 2.75) is 39.0 Å². The van der Waals surface area contributed by atoms with Gasteiger partial charge in [0.15, 0.2) is 5.75 Å². The molecule has 1 aliphatic carbocycles. The maximum Gasteiger partial charge on any atom is 0.308 e. The number of hydrogen-bond donors (Lipinski definition) is 1. The molecule has 7 nitrogen and oxygen atoms in total. The summed E-state index contributed by atoms with van der Waals surface area (Å²) in [5.74, 6) is -0.0434. The second-order valence-electron chi connectivity index (χ2n) is 8.59. The number of piperidine rings is 1. The Morgan fingerprint density at radius 2 is 2.00 bits per heavy atom. The van der Waals surface area contributed by atoms with Gasteiger partial charge in [-0.05, 0) is 56.2 Å². The van der Waals surface area contributed by atoms with Gasteiger partial charge in [-0.2, -0.15) is 5.10 Å². The van der Waals surface area contributed by atoms with Gasteiger partial charge in [0.1, 0.15) is 11.4 Å². The molecule has 1 fully saturated rings. The number of benzene rings is 1. The Kier molecular flexibility index (Phi) is 6.60. The summed E-state index contributed by atoms with van der Waals surface area (Å²) in [6.07, 6.45) is 4.88. The van der Waals surface area contributed by atoms with Crippen LogP contribution in [0.15, 0.2) is 23.2 Å². The van der Waals surface area contributed by atoms with Gasteiger partial charge in [-0.1, -0.05) is 24.4 Å². The lowest BCUT2D eigenvalue weighted by atomic mass is 9.97. The van der Waals surface area contributed by atoms with E-state index in [0.29, 0.717) is 23.6 Å². The van der Waals surface area contributed by atoms with Crippen LogP contribution in [0.5, 0.6) is 5.75 Å². The second kappa shape index (κ2) is 9.40. The van der Waals surface area contributed by atoms with Crippen LogP contribution >= 0.6 is 12.2 Å². The fraction of sp³-hybridized carbons (Fsp3) is 0.500. The third-order valence-electron chi connectivity index (χ3n) is 6.57. The lowest BCUT2D eigenvalue weighted by Crippen LogP contribution is -2.40. The van der Waals surface area contributed by atoms with Crippen LogP contribution in [-0.2, 0) is 29.4 Å². The Morgan fingerprint density at radius 1 is 1.28 bits per heavy atom. The topological polar surface area (TPSA) is 80.0 Å². The van der Waals surface area contributed by atoms with E-state index < -0.39 is 0 Å². The minimum absolute atomic E-state index is 0.0487. The first-order valence-corrected chi connectivity index (χ1v) is 11.5. The predicted octanol–water partition coefficient (Wildman–Crippen LogP) is 3.30. The average molecular weight is 455 g/mol. The molecule has 2 heterocycles. The van der Waals surface area contributed by atoms with Gasteiger partial charge >= 0.3 is 5.97 Å². The number of aliphatic imine (C=N–C) groups is 1. The van der Waals surface area contributed by atoms with E-state index in [0.717, 1.165) is 49.3 Å². The number of hydrogen-bond acceptors (Lipinski definition) is 6. The fourth-order valence-electron chi connectivity index (χ4n) is 4.69. The van der Waals surface area contributed by atoms with Crippen LogP contribution in [0.2, 0.25) is 0 Å². The van der Waals surface area contributed by atoms with Crippen LogP contribution in [0, 0.1) is 5.92 Å². The first-order valence-electron chi connectivity index (χ1n) is 11.1. The number of carbonyl (C=O) groups excluding carboxylic acids is 1. The first-order chi connectivity index (χ1) is 15.4. The Balaban J connectivity index is 1.45. The quantitative estimate of drug-likeness (QED) is 0.424. The number of ether oxygens (including phenoxy) is 1. The summed E-state index contributed by atoms with van der Waals surface area (Å²) in [5, 5.41) is 15.5. The number of aromatic hydroxyl groups is 1. The maximum absolute atomic E-state index is 11.7. The zero-order valence-corrected chi connectivity index (χ0v) is 19.7. The van der Waals surface area contributed by atoms with Crippen molar-refractivity contribution in [1.82, 2.24) is 14.7 Å². The van der Waals surface area contributed by atoms with Crippen LogP contribution in [0.3, 0.4) is 0 Å². The van der Waals surface area contributed by atoms with E-state index in [1.165, 1.54) is 24.7 Å². The third kappa shape index (κ3) is 4.41. The highest BCUT2D eigenvalue weighted by atomic mass is 32.1. The molecule has 0 spiro atoms. The molecule has 1 aromatic carbocycles. The van der Waals surface area contributed by atoms with E-state index in [9.17, 15) is 9.90 Å². The summed E-state index contributed by atoms with van der Waals surface area (Å²) < 4.78 is 6.56. The highest BCUT2D eigenvalue weighted by Crippen LogP contribution is 2.35. The molecule has 0 unspecified atom stereocenters. The smallest absolute Gasteiger partial charge is 0.308 e. The summed E-state index contributed by atoms with van der Waals surface area (Å²) in [7, 11) is 3.27. The normalized spacial score (nSPS) is 16.8. The minimum Gasteiger partial charge on any atom is -0.504 e. The predicted molar refractivity (Wildman–Crippen MR) is 128 cm³/mol. The summed E-state index contributed by atoms with van der Waals surface area (Å²) in [6, 6.07) is 6.39. The molecule has 1 N–H and O–H groups in total. The molecule has 170 valence electrons. The van der Waals surface area contributed by atoms with Crippen LogP contribution in [0.25, 0.3) is 11.3 Å². The third-order valence-corrected chi connectivity index (χ3v) is 6.96. The van der Waals surface area contributed by atoms with Crippen LogP contribution in [0.4, 0.5) is 0 Å². The van der Waals surface area contributed by atoms with Crippen molar-refractivity contribution < 1.29 is 14.6 Å². The van der Waals surface area contributed by atoms with Gasteiger partial charge in [-0.25, -0.2) is 0 Å². The number of esters is 1. The molecule has 1 saturated heterocycles. The van der Waals surface area contributed by atoms with Gasteiger partial charge in [-0.15, -0.1) is 0 Å². The zero-order valence-electron chi connectivity index (χ0n) is 18.9. The molecule has 0 atom stereocenters. The molecule has 2 aliphatic rings. The molecule has 4 rings (SSSR count). The van der Waals surface area contributed by atoms with Crippen molar-refractivity contribution in [1.29, 1.82) is 0 Å². The number of nitrogens with zero attached hydrogens (tertiary/aromatic N) is 4. The second-order valence-corrected chi connectivity index (χ2v) is 9.06. The SMILES string of the molecule is COC(=O)C1CCN(C(=S)CN=C(C)c2nn(C)c(-c3ccc4c(c3)CCC4)c2O)CC1. The van der Waals surface area contributed by atoms with E-state index in [1.807, 2.05) is 14.0 Å². The van der Waals surface area contributed by atoms with Crippen molar-refractivity contribution >= 4 is 28.9 Å². The molecule has 0 saturated carbocycles. The van der Waals surface area contributed by atoms with Crippen molar-refractivity contribution in [3.05, 3.63) is 35.0 Å². The summed E-state index contributed by atoms with van der Waals surface area (Å²) >= 11 is 5.58. The van der Waals surface area contributed by atoms with E-state index in [1.54, 1.807) is 4.68 Å². The molecule has 1 aliphatic heterocycles. The lowest BCUT2D eigenvalue weighted by molar-refractivity contribution is -0.146. The summed E-state index contributed by atoms with van der Waals surface area (Å²) in [6.45, 7) is 3.66. The van der Waals surface area contributed by atoms with E-state index in [4.69, 9.17) is 17.0 Å². The number of methoxy groups -OCH3 is 1. The van der Waals surface area contributed by atoms with Crippen molar-refractivity contribution in [3.8, 4) is 17.0 Å². The summed E-state index contributed by atoms with van der Waals surface area (Å²) in [5.41, 5.74) is 5.57. The minimum atomic E-state index is -0.144. The molecule has 8 heteroatoms. The average Bonchev–Trinajstić information content (AvgIpc) is 3.39. The Hall–Kier alpha value is -2.74. The number of carbonyl (C=O) groups is 1. The van der Waals surface area contributed by atoms with Crippen molar-refractivity contribution in [2.24, 2.45) is 18.0 Å². The van der Waals surface area contributed by atoms with Crippen molar-refractivity contribution in [3.63, 3.8) is 0 Å². The largest absolute Gasteiger partial charge is 0.504 e. The first kappa shape index (κ1) is 22.5. The number of rotatable bonds is 5. The maximum atomic E-state index is 11.7. The van der Waals surface area contributed by atoms with Gasteiger partial charge in [-0.3, -0.25) is 14.5 Å². The molecule has 2 aromatic rings. The fourth-order valence-corrected chi connectivity index (χ4v) is 4.94. The Labute approximate surface area is 194 Å². The number of thiocarbonyl (C=S) groups is 1. The molecule has 0 radical (unpaired) electrons. The molecular weight excluding hydrogens is 424 g/mol. The van der Waals surface area contributed by atoms with Gasteiger partial charge in [0.05, 0.1) is 30.3 Å². The number of likely N-dealkylation sites (tertiary alicyclic amines) is 1. The zero-order chi connectivity index (χ0) is 22.8. The van der Waals surface area contributed by atoms with E-state index in [2.05, 4.69) is 33.2 Å². The van der Waals surface area contributed by atoms with Gasteiger partial charge in [0.25, 0.3) is 0 Å². The van der Waals surface area contributed by atoms with Gasteiger partial charge in [0.2, 0.25) is 0 Å². The number of aromatic nitrogens is 2. The molecule has 1 aromatic heterocycles. The van der Waals surface area contributed by atoms with E-state index in [-0.39, 0.29) is 17.6 Å². The highest BCUT2D eigenvalue weighted by Gasteiger charge is 2.26. The molecule has 0 amide bonds. The van der Waals surface area contributed by atoms with Crippen molar-refractivity contribution in [2.75, 3.05) is 26.7 Å². The summed E-state index contributed by atoms with van der Waals surface area (Å²) in [4.78, 5) is 19.2. The van der Waals surface area contributed by atoms with Gasteiger partial charge < -0.3 is 14.7 Å². The van der Waals surface area contributed by atoms with Crippen LogP contribution in [-0.4, -0.2) is 63.2 Å². The standard InChI is InChI=1S/C24H30N4O3S/c1-15(25-14-20(32)28-11-9-17(10-12-28)24(30)31-3)21-23(29)22(27(2)26-21)19-8-7-16-5-4-6-18(16)13-19/h7-8,13,17,29H,4-6,9-12,14H2,1-3H3. The lowest BCUT2D eigenvalue weighted by Gasteiger charge is -2.32.